The van der Waals surface area contributed by atoms with Gasteiger partial charge in [0.05, 0.1) is 6.26 Å². The second kappa shape index (κ2) is 6.05. The molecule has 0 aliphatic heterocycles. The second-order valence-corrected chi connectivity index (χ2v) is 4.57. The molecule has 0 bridgehead atoms. The number of hydrogen-bond donors (Lipinski definition) is 2. The Hall–Kier alpha value is -2.57. The van der Waals surface area contributed by atoms with Gasteiger partial charge in [-0.15, -0.1) is 0 Å². The normalized spacial score (nSPS) is 10.6. The monoisotopic (exact) mass is 277 g/mol. The molecule has 2 aromatic heterocycles. The molecule has 20 heavy (non-hydrogen) atoms. The van der Waals surface area contributed by atoms with Gasteiger partial charge in [-0.1, -0.05) is 13.8 Å². The van der Waals surface area contributed by atoms with Crippen LogP contribution in [0.1, 0.15) is 34.9 Å². The average Bonchev–Trinajstić information content (AvgIpc) is 3.06. The molecule has 2 amide bonds. The number of carbonyl (C=O) groups is 2. The van der Waals surface area contributed by atoms with E-state index in [4.69, 9.17) is 8.83 Å². The van der Waals surface area contributed by atoms with Gasteiger partial charge in [0.15, 0.2) is 11.5 Å². The number of hydrogen-bond acceptors (Lipinski definition) is 5. The third-order valence-electron chi connectivity index (χ3n) is 2.37. The summed E-state index contributed by atoms with van der Waals surface area (Å²) in [6.45, 7) is 4.51. The number of oxazole rings is 1. The molecule has 0 atom stereocenters. The number of furan rings is 1. The first-order valence-corrected chi connectivity index (χ1v) is 6.15. The maximum atomic E-state index is 11.7. The Labute approximate surface area is 115 Å². The molecule has 2 N–H and O–H groups in total. The van der Waals surface area contributed by atoms with Crippen LogP contribution in [-0.4, -0.2) is 23.3 Å². The van der Waals surface area contributed by atoms with Gasteiger partial charge < -0.3 is 14.2 Å². The topological polar surface area (TPSA) is 97.4 Å². The van der Waals surface area contributed by atoms with Crippen LogP contribution in [0, 0.1) is 5.92 Å². The molecule has 0 fully saturated rings. The molecule has 7 nitrogen and oxygen atoms in total. The third kappa shape index (κ3) is 3.47. The highest BCUT2D eigenvalue weighted by Crippen LogP contribution is 2.10. The fourth-order valence-electron chi connectivity index (χ4n) is 1.39. The Morgan fingerprint density at radius 2 is 2.10 bits per heavy atom. The number of nitrogens with one attached hydrogen (secondary N) is 2. The summed E-state index contributed by atoms with van der Waals surface area (Å²) in [5.41, 5.74) is 0.111. The van der Waals surface area contributed by atoms with E-state index >= 15 is 0 Å². The molecule has 0 unspecified atom stereocenters. The van der Waals surface area contributed by atoms with Crippen molar-refractivity contribution >= 4 is 17.8 Å². The number of rotatable bonds is 5. The van der Waals surface area contributed by atoms with Crippen LogP contribution in [0.25, 0.3) is 0 Å². The third-order valence-corrected chi connectivity index (χ3v) is 2.37. The molecule has 0 aliphatic carbocycles. The number of aromatic nitrogens is 1. The second-order valence-electron chi connectivity index (χ2n) is 4.57. The lowest BCUT2D eigenvalue weighted by Gasteiger charge is -2.04. The van der Waals surface area contributed by atoms with Crippen LogP contribution in [0.15, 0.2) is 33.5 Å². The molecule has 2 heterocycles. The maximum absolute atomic E-state index is 11.7. The van der Waals surface area contributed by atoms with Gasteiger partial charge in [-0.25, -0.2) is 0 Å². The minimum absolute atomic E-state index is 0.0545. The van der Waals surface area contributed by atoms with E-state index in [0.717, 1.165) is 0 Å². The summed E-state index contributed by atoms with van der Waals surface area (Å²) in [6.07, 6.45) is 2.57. The van der Waals surface area contributed by atoms with Crippen LogP contribution in [0.4, 0.5) is 6.01 Å². The number of anilines is 1. The molecule has 0 spiro atoms. The van der Waals surface area contributed by atoms with Gasteiger partial charge in [0.25, 0.3) is 11.8 Å². The summed E-state index contributed by atoms with van der Waals surface area (Å²) in [6, 6.07) is 3.05. The lowest BCUT2D eigenvalue weighted by Crippen LogP contribution is -2.27. The van der Waals surface area contributed by atoms with Crippen LogP contribution in [0.3, 0.4) is 0 Å². The van der Waals surface area contributed by atoms with Gasteiger partial charge >= 0.3 is 6.01 Å². The van der Waals surface area contributed by atoms with Crippen LogP contribution in [-0.2, 0) is 0 Å². The predicted octanol–water partition coefficient (Wildman–Crippen LogP) is 1.91. The van der Waals surface area contributed by atoms with Gasteiger partial charge in [-0.3, -0.25) is 14.9 Å². The smallest absolute Gasteiger partial charge is 0.302 e. The van der Waals surface area contributed by atoms with E-state index in [0.29, 0.717) is 12.5 Å². The molecule has 0 saturated carbocycles. The molecule has 106 valence electrons. The van der Waals surface area contributed by atoms with Gasteiger partial charge in [-0.05, 0) is 18.1 Å². The van der Waals surface area contributed by atoms with Crippen molar-refractivity contribution in [1.29, 1.82) is 0 Å². The Morgan fingerprint density at radius 3 is 2.75 bits per heavy atom. The Morgan fingerprint density at radius 1 is 1.30 bits per heavy atom. The van der Waals surface area contributed by atoms with E-state index in [1.54, 1.807) is 6.07 Å². The number of nitrogens with zero attached hydrogens (tertiary/aromatic N) is 1. The van der Waals surface area contributed by atoms with Crippen LogP contribution < -0.4 is 10.6 Å². The van der Waals surface area contributed by atoms with E-state index in [1.807, 2.05) is 13.8 Å². The zero-order chi connectivity index (χ0) is 14.5. The highest BCUT2D eigenvalue weighted by molar-refractivity contribution is 6.01. The van der Waals surface area contributed by atoms with Crippen molar-refractivity contribution in [1.82, 2.24) is 10.3 Å². The van der Waals surface area contributed by atoms with Gasteiger partial charge in [0.1, 0.15) is 6.26 Å². The standard InChI is InChI=1S/C13H15N3O4/c1-8(2)6-14-11(17)9-7-20-13(15-9)16-12(18)10-4-3-5-19-10/h3-5,7-8H,6H2,1-2H3,(H,14,17)(H,15,16,18). The zero-order valence-corrected chi connectivity index (χ0v) is 11.2. The summed E-state index contributed by atoms with van der Waals surface area (Å²) >= 11 is 0. The van der Waals surface area contributed by atoms with Crippen molar-refractivity contribution in [2.24, 2.45) is 5.92 Å². The number of amides is 2. The van der Waals surface area contributed by atoms with E-state index in [2.05, 4.69) is 15.6 Å². The lowest BCUT2D eigenvalue weighted by molar-refractivity contribution is 0.0942. The number of carbonyl (C=O) groups excluding carboxylic acids is 2. The summed E-state index contributed by atoms with van der Waals surface area (Å²) in [5.74, 6) is -0.370. The summed E-state index contributed by atoms with van der Waals surface area (Å²) in [5, 5.41) is 5.09. The fraction of sp³-hybridized carbons (Fsp3) is 0.308. The summed E-state index contributed by atoms with van der Waals surface area (Å²) in [4.78, 5) is 27.3. The summed E-state index contributed by atoms with van der Waals surface area (Å²) < 4.78 is 9.94. The van der Waals surface area contributed by atoms with Gasteiger partial charge in [-0.2, -0.15) is 4.98 Å². The molecule has 7 heteroatoms. The average molecular weight is 277 g/mol. The van der Waals surface area contributed by atoms with Gasteiger partial charge in [0.2, 0.25) is 0 Å². The first kappa shape index (κ1) is 13.9. The molecule has 0 radical (unpaired) electrons. The fourth-order valence-corrected chi connectivity index (χ4v) is 1.39. The quantitative estimate of drug-likeness (QED) is 0.870. The predicted molar refractivity (Wildman–Crippen MR) is 70.3 cm³/mol. The first-order chi connectivity index (χ1) is 9.56. The lowest BCUT2D eigenvalue weighted by atomic mass is 10.2. The van der Waals surface area contributed by atoms with Crippen LogP contribution >= 0.6 is 0 Å². The molecule has 0 aromatic carbocycles. The van der Waals surface area contributed by atoms with Crippen molar-refractivity contribution in [3.05, 3.63) is 36.1 Å². The van der Waals surface area contributed by atoms with E-state index in [-0.39, 0.29) is 23.4 Å². The van der Waals surface area contributed by atoms with Crippen LogP contribution in [0.2, 0.25) is 0 Å². The molecule has 0 aliphatic rings. The molecular formula is C13H15N3O4. The SMILES string of the molecule is CC(C)CNC(=O)c1coc(NC(=O)c2ccco2)n1. The molecule has 2 aromatic rings. The minimum Gasteiger partial charge on any atom is -0.459 e. The summed E-state index contributed by atoms with van der Waals surface area (Å²) in [7, 11) is 0. The first-order valence-electron chi connectivity index (χ1n) is 6.15. The van der Waals surface area contributed by atoms with Gasteiger partial charge in [0, 0.05) is 6.54 Å². The molecular weight excluding hydrogens is 262 g/mol. The Balaban J connectivity index is 1.95. The van der Waals surface area contributed by atoms with E-state index in [1.165, 1.54) is 18.6 Å². The van der Waals surface area contributed by atoms with Crippen molar-refractivity contribution < 1.29 is 18.4 Å². The van der Waals surface area contributed by atoms with Crippen molar-refractivity contribution in [2.45, 2.75) is 13.8 Å². The van der Waals surface area contributed by atoms with Crippen molar-refractivity contribution in [2.75, 3.05) is 11.9 Å². The zero-order valence-electron chi connectivity index (χ0n) is 11.2. The minimum atomic E-state index is -0.494. The largest absolute Gasteiger partial charge is 0.459 e. The Bertz CT molecular complexity index is 587. The van der Waals surface area contributed by atoms with Crippen LogP contribution in [0.5, 0.6) is 0 Å². The molecule has 2 rings (SSSR count). The Kier molecular flexibility index (Phi) is 4.19. The molecule has 0 saturated heterocycles. The van der Waals surface area contributed by atoms with E-state index < -0.39 is 5.91 Å². The van der Waals surface area contributed by atoms with Crippen molar-refractivity contribution in [3.63, 3.8) is 0 Å². The van der Waals surface area contributed by atoms with E-state index in [9.17, 15) is 9.59 Å². The highest BCUT2D eigenvalue weighted by Gasteiger charge is 2.15. The highest BCUT2D eigenvalue weighted by atomic mass is 16.4. The maximum Gasteiger partial charge on any atom is 0.302 e. The van der Waals surface area contributed by atoms with Crippen molar-refractivity contribution in [3.8, 4) is 0 Å².